The van der Waals surface area contributed by atoms with E-state index in [-0.39, 0.29) is 0 Å². The lowest BCUT2D eigenvalue weighted by Crippen LogP contribution is -2.34. The third kappa shape index (κ3) is 3.18. The SMILES string of the molecule is N[C@@H](Cc1ccccc1)C(=O)OBF. The summed E-state index contributed by atoms with van der Waals surface area (Å²) in [5.74, 6) is -0.712. The van der Waals surface area contributed by atoms with E-state index in [9.17, 15) is 9.11 Å². The van der Waals surface area contributed by atoms with Crippen LogP contribution in [0, 0.1) is 0 Å². The first-order valence-electron chi connectivity index (χ1n) is 4.26. The van der Waals surface area contributed by atoms with Crippen molar-refractivity contribution in [3.8, 4) is 0 Å². The van der Waals surface area contributed by atoms with E-state index in [1.807, 2.05) is 30.3 Å². The lowest BCUT2D eigenvalue weighted by Gasteiger charge is -2.09. The number of rotatable bonds is 4. The van der Waals surface area contributed by atoms with Crippen LogP contribution < -0.4 is 5.73 Å². The number of benzene rings is 1. The highest BCUT2D eigenvalue weighted by molar-refractivity contribution is 6.21. The van der Waals surface area contributed by atoms with Gasteiger partial charge >= 0.3 is 13.7 Å². The fraction of sp³-hybridized carbons (Fsp3) is 0.222. The fourth-order valence-corrected chi connectivity index (χ4v) is 1.11. The monoisotopic (exact) mass is 195 g/mol. The largest absolute Gasteiger partial charge is 0.549 e. The van der Waals surface area contributed by atoms with Gasteiger partial charge in [0.1, 0.15) is 6.04 Å². The molecule has 3 nitrogen and oxygen atoms in total. The molecule has 0 saturated carbocycles. The van der Waals surface area contributed by atoms with Crippen molar-refractivity contribution in [2.24, 2.45) is 5.73 Å². The molecule has 5 heteroatoms. The van der Waals surface area contributed by atoms with Crippen LogP contribution in [0.5, 0.6) is 0 Å². The Balaban J connectivity index is 2.49. The molecule has 1 atom stereocenters. The van der Waals surface area contributed by atoms with E-state index in [2.05, 4.69) is 4.65 Å². The zero-order chi connectivity index (χ0) is 10.4. The first-order valence-corrected chi connectivity index (χ1v) is 4.26. The van der Waals surface area contributed by atoms with Crippen LogP contribution in [0.2, 0.25) is 0 Å². The normalized spacial score (nSPS) is 11.9. The molecule has 0 saturated heterocycles. The Morgan fingerprint density at radius 1 is 1.50 bits per heavy atom. The minimum atomic E-state index is -1.12. The molecule has 0 radical (unpaired) electrons. The van der Waals surface area contributed by atoms with Gasteiger partial charge in [-0.05, 0) is 12.0 Å². The molecule has 0 amide bonds. The summed E-state index contributed by atoms with van der Waals surface area (Å²) in [6.07, 6.45) is 0.361. The number of nitrogens with two attached hydrogens (primary N) is 1. The molecule has 0 spiro atoms. The highest BCUT2D eigenvalue weighted by Crippen LogP contribution is 2.02. The van der Waals surface area contributed by atoms with Gasteiger partial charge in [-0.2, -0.15) is 0 Å². The lowest BCUT2D eigenvalue weighted by atomic mass is 10.1. The average Bonchev–Trinajstić information content (AvgIpc) is 2.19. The van der Waals surface area contributed by atoms with Crippen molar-refractivity contribution in [3.63, 3.8) is 0 Å². The predicted molar refractivity (Wildman–Crippen MR) is 52.5 cm³/mol. The molecular weight excluding hydrogens is 184 g/mol. The third-order valence-electron chi connectivity index (χ3n) is 1.80. The van der Waals surface area contributed by atoms with Crippen LogP contribution in [0.25, 0.3) is 0 Å². The van der Waals surface area contributed by atoms with Crippen LogP contribution in [0.4, 0.5) is 4.32 Å². The second kappa shape index (κ2) is 5.39. The molecule has 1 rings (SSSR count). The highest BCUT2D eigenvalue weighted by Gasteiger charge is 2.15. The fourth-order valence-electron chi connectivity index (χ4n) is 1.11. The van der Waals surface area contributed by atoms with E-state index in [0.29, 0.717) is 6.42 Å². The molecule has 74 valence electrons. The summed E-state index contributed by atoms with van der Waals surface area (Å²) >= 11 is 0. The topological polar surface area (TPSA) is 52.3 Å². The molecule has 1 aromatic carbocycles. The van der Waals surface area contributed by atoms with Gasteiger partial charge in [0.05, 0.1) is 0 Å². The maximum Gasteiger partial charge on any atom is 0.549 e. The minimum Gasteiger partial charge on any atom is -0.508 e. The van der Waals surface area contributed by atoms with E-state index in [1.54, 1.807) is 0 Å². The van der Waals surface area contributed by atoms with Gasteiger partial charge in [0.15, 0.2) is 0 Å². The molecule has 2 N–H and O–H groups in total. The zero-order valence-corrected chi connectivity index (χ0v) is 7.65. The summed E-state index contributed by atoms with van der Waals surface area (Å²) in [7, 11) is -1.12. The van der Waals surface area contributed by atoms with Crippen LogP contribution in [-0.2, 0) is 15.9 Å². The molecule has 0 aliphatic rings. The number of carbonyl (C=O) groups is 1. The molecule has 0 fully saturated rings. The van der Waals surface area contributed by atoms with Gasteiger partial charge in [-0.3, -0.25) is 9.11 Å². The molecular formula is C9H11BFNO2. The van der Waals surface area contributed by atoms with E-state index >= 15 is 0 Å². The van der Waals surface area contributed by atoms with Gasteiger partial charge in [-0.15, -0.1) is 0 Å². The lowest BCUT2D eigenvalue weighted by molar-refractivity contribution is -0.136. The van der Waals surface area contributed by atoms with E-state index < -0.39 is 19.8 Å². The second-order valence-corrected chi connectivity index (χ2v) is 2.87. The Bertz CT molecular complexity index is 294. The first kappa shape index (κ1) is 10.7. The summed E-state index contributed by atoms with van der Waals surface area (Å²) < 4.78 is 15.8. The smallest absolute Gasteiger partial charge is 0.508 e. The number of halogens is 1. The van der Waals surface area contributed by atoms with E-state index in [4.69, 9.17) is 5.73 Å². The molecule has 0 aliphatic carbocycles. The van der Waals surface area contributed by atoms with Gasteiger partial charge in [-0.1, -0.05) is 30.3 Å². The van der Waals surface area contributed by atoms with Crippen molar-refractivity contribution in [3.05, 3.63) is 35.9 Å². The molecule has 14 heavy (non-hydrogen) atoms. The van der Waals surface area contributed by atoms with Crippen LogP contribution in [-0.4, -0.2) is 19.8 Å². The average molecular weight is 195 g/mol. The highest BCUT2D eigenvalue weighted by atomic mass is 19.1. The van der Waals surface area contributed by atoms with Crippen LogP contribution in [0.15, 0.2) is 30.3 Å². The van der Waals surface area contributed by atoms with Gasteiger partial charge < -0.3 is 10.4 Å². The Labute approximate surface area is 82.4 Å². The first-order chi connectivity index (χ1) is 6.74. The van der Waals surface area contributed by atoms with Crippen molar-refractivity contribution in [1.82, 2.24) is 0 Å². The summed E-state index contributed by atoms with van der Waals surface area (Å²) in [5, 5.41) is 0. The summed E-state index contributed by atoms with van der Waals surface area (Å²) in [5.41, 5.74) is 6.42. The third-order valence-corrected chi connectivity index (χ3v) is 1.80. The van der Waals surface area contributed by atoms with Crippen LogP contribution in [0.3, 0.4) is 0 Å². The molecule has 0 aliphatic heterocycles. The molecule has 0 aromatic heterocycles. The molecule has 0 heterocycles. The Morgan fingerprint density at radius 2 is 2.14 bits per heavy atom. The van der Waals surface area contributed by atoms with Gasteiger partial charge in [-0.25, -0.2) is 0 Å². The van der Waals surface area contributed by atoms with Crippen molar-refractivity contribution in [2.45, 2.75) is 12.5 Å². The summed E-state index contributed by atoms with van der Waals surface area (Å²) in [4.78, 5) is 11.0. The predicted octanol–water partition coefficient (Wildman–Crippen LogP) is 0.336. The number of hydrogen-bond acceptors (Lipinski definition) is 3. The summed E-state index contributed by atoms with van der Waals surface area (Å²) in [6.45, 7) is 0. The van der Waals surface area contributed by atoms with Gasteiger partial charge in [0, 0.05) is 0 Å². The molecule has 1 aromatic rings. The maximum atomic E-state index is 11.6. The van der Waals surface area contributed by atoms with Gasteiger partial charge in [0.2, 0.25) is 0 Å². The zero-order valence-electron chi connectivity index (χ0n) is 7.65. The van der Waals surface area contributed by atoms with Crippen molar-refractivity contribution < 1.29 is 13.8 Å². The number of carbonyl (C=O) groups excluding carboxylic acids is 1. The van der Waals surface area contributed by atoms with Crippen molar-refractivity contribution in [2.75, 3.05) is 0 Å². The van der Waals surface area contributed by atoms with Crippen molar-refractivity contribution in [1.29, 1.82) is 0 Å². The minimum absolute atomic E-state index is 0.361. The maximum absolute atomic E-state index is 11.6. The quantitative estimate of drug-likeness (QED) is 0.704. The Kier molecular flexibility index (Phi) is 4.13. The van der Waals surface area contributed by atoms with E-state index in [1.165, 1.54) is 0 Å². The van der Waals surface area contributed by atoms with Gasteiger partial charge in [0.25, 0.3) is 0 Å². The Hall–Kier alpha value is -1.36. The second-order valence-electron chi connectivity index (χ2n) is 2.87. The molecule has 0 bridgehead atoms. The van der Waals surface area contributed by atoms with Crippen LogP contribution >= 0.6 is 0 Å². The van der Waals surface area contributed by atoms with Crippen LogP contribution in [0.1, 0.15) is 5.56 Å². The standard InChI is InChI=1S/C9H11BFNO2/c11-10-14-9(13)8(12)6-7-4-2-1-3-5-7/h1-5,8,10H,6,12H2/t8-/m0/s1. The Morgan fingerprint density at radius 3 is 2.71 bits per heavy atom. The molecule has 0 unspecified atom stereocenters. The number of hydrogen-bond donors (Lipinski definition) is 1. The van der Waals surface area contributed by atoms with Crippen molar-refractivity contribution >= 4 is 13.7 Å². The summed E-state index contributed by atoms with van der Waals surface area (Å²) in [6, 6.07) is 8.47. The van der Waals surface area contributed by atoms with E-state index in [0.717, 1.165) is 5.56 Å².